The molecule has 194 valence electrons. The van der Waals surface area contributed by atoms with Gasteiger partial charge in [0.1, 0.15) is 0 Å². The molecular formula is C29H37NO6. The summed E-state index contributed by atoms with van der Waals surface area (Å²) >= 11 is 0. The molecule has 0 aliphatic rings. The highest BCUT2D eigenvalue weighted by Gasteiger charge is 2.20. The minimum atomic E-state index is -0.818. The van der Waals surface area contributed by atoms with E-state index in [4.69, 9.17) is 14.2 Å². The van der Waals surface area contributed by atoms with Crippen molar-refractivity contribution >= 4 is 23.5 Å². The molecule has 0 spiro atoms. The van der Waals surface area contributed by atoms with Gasteiger partial charge in [-0.05, 0) is 70.4 Å². The Morgan fingerprint density at radius 2 is 1.53 bits per heavy atom. The van der Waals surface area contributed by atoms with Gasteiger partial charge in [-0.1, -0.05) is 50.5 Å². The van der Waals surface area contributed by atoms with Crippen LogP contribution < -0.4 is 10.1 Å². The van der Waals surface area contributed by atoms with Gasteiger partial charge in [-0.3, -0.25) is 4.79 Å². The average Bonchev–Trinajstić information content (AvgIpc) is 2.82. The van der Waals surface area contributed by atoms with Crippen LogP contribution in [0.1, 0.15) is 76.2 Å². The second kappa shape index (κ2) is 14.7. The van der Waals surface area contributed by atoms with Gasteiger partial charge in [0.05, 0.1) is 24.0 Å². The van der Waals surface area contributed by atoms with Crippen molar-refractivity contribution in [2.45, 2.75) is 78.9 Å². The van der Waals surface area contributed by atoms with Gasteiger partial charge in [0.15, 0.2) is 5.75 Å². The fraction of sp³-hybridized carbons (Fsp3) is 0.414. The summed E-state index contributed by atoms with van der Waals surface area (Å²) in [6, 6.07) is 14.2. The van der Waals surface area contributed by atoms with Gasteiger partial charge in [0, 0.05) is 5.56 Å². The van der Waals surface area contributed by atoms with Crippen LogP contribution >= 0.6 is 0 Å². The summed E-state index contributed by atoms with van der Waals surface area (Å²) in [5.74, 6) is -2.04. The van der Waals surface area contributed by atoms with Gasteiger partial charge in [0.25, 0.3) is 5.91 Å². The molecule has 2 aromatic carbocycles. The van der Waals surface area contributed by atoms with Crippen LogP contribution in [0.25, 0.3) is 0 Å². The molecule has 7 nitrogen and oxygen atoms in total. The van der Waals surface area contributed by atoms with E-state index in [0.717, 1.165) is 18.9 Å². The van der Waals surface area contributed by atoms with Gasteiger partial charge in [-0.15, -0.1) is 0 Å². The van der Waals surface area contributed by atoms with Crippen molar-refractivity contribution in [1.82, 2.24) is 0 Å². The lowest BCUT2D eigenvalue weighted by Crippen LogP contribution is -2.20. The molecule has 2 aromatic rings. The number of nitrogens with one attached hydrogen (secondary N) is 1. The van der Waals surface area contributed by atoms with Crippen LogP contribution in [-0.2, 0) is 25.5 Å². The molecule has 36 heavy (non-hydrogen) atoms. The van der Waals surface area contributed by atoms with Gasteiger partial charge >= 0.3 is 11.9 Å². The van der Waals surface area contributed by atoms with Crippen LogP contribution in [0.3, 0.4) is 0 Å². The molecule has 0 heterocycles. The highest BCUT2D eigenvalue weighted by Crippen LogP contribution is 2.27. The van der Waals surface area contributed by atoms with Crippen molar-refractivity contribution in [2.24, 2.45) is 0 Å². The molecule has 0 aromatic heterocycles. The number of carbonyl (C=O) groups is 3. The number of amides is 1. The number of hydrogen-bond donors (Lipinski definition) is 1. The third-order valence-electron chi connectivity index (χ3n) is 5.04. The van der Waals surface area contributed by atoms with E-state index in [0.29, 0.717) is 11.3 Å². The molecule has 0 fully saturated rings. The molecule has 0 saturated carbocycles. The third-order valence-corrected chi connectivity index (χ3v) is 5.04. The molecule has 0 aliphatic heterocycles. The predicted octanol–water partition coefficient (Wildman–Crippen LogP) is 6.23. The van der Waals surface area contributed by atoms with Crippen LogP contribution in [0.4, 0.5) is 5.69 Å². The van der Waals surface area contributed by atoms with Crippen molar-refractivity contribution < 1.29 is 28.6 Å². The second-order valence-electron chi connectivity index (χ2n) is 9.01. The summed E-state index contributed by atoms with van der Waals surface area (Å²) in [4.78, 5) is 37.6. The molecule has 1 N–H and O–H groups in total. The average molecular weight is 496 g/mol. The van der Waals surface area contributed by atoms with Crippen molar-refractivity contribution in [3.8, 4) is 5.75 Å². The normalized spacial score (nSPS) is 11.4. The summed E-state index contributed by atoms with van der Waals surface area (Å²) in [7, 11) is 0. The van der Waals surface area contributed by atoms with Crippen molar-refractivity contribution in [3.63, 3.8) is 0 Å². The van der Waals surface area contributed by atoms with Crippen LogP contribution in [0.15, 0.2) is 60.4 Å². The summed E-state index contributed by atoms with van der Waals surface area (Å²) in [6.45, 7) is 8.95. The number of hydrogen-bond acceptors (Lipinski definition) is 6. The number of rotatable bonds is 13. The fourth-order valence-electron chi connectivity index (χ4n) is 3.33. The fourth-order valence-corrected chi connectivity index (χ4v) is 3.33. The maximum atomic E-state index is 12.9. The number of anilines is 1. The first kappa shape index (κ1) is 28.6. The van der Waals surface area contributed by atoms with Crippen LogP contribution in [0, 0.1) is 0 Å². The molecule has 0 unspecified atom stereocenters. The molecule has 0 radical (unpaired) electrons. The van der Waals surface area contributed by atoms with E-state index >= 15 is 0 Å². The minimum Gasteiger partial charge on any atom is -0.460 e. The van der Waals surface area contributed by atoms with Crippen LogP contribution in [0.5, 0.6) is 5.75 Å². The van der Waals surface area contributed by atoms with Crippen LogP contribution in [0.2, 0.25) is 0 Å². The van der Waals surface area contributed by atoms with E-state index < -0.39 is 18.0 Å². The van der Waals surface area contributed by atoms with Crippen molar-refractivity contribution in [2.75, 3.05) is 5.32 Å². The van der Waals surface area contributed by atoms with Crippen molar-refractivity contribution in [1.29, 1.82) is 0 Å². The molecule has 0 atom stereocenters. The Kier molecular flexibility index (Phi) is 11.7. The zero-order valence-corrected chi connectivity index (χ0v) is 21.8. The number of unbranched alkanes of at least 4 members (excludes halogenated alkanes) is 3. The number of para-hydroxylation sites is 2. The quantitative estimate of drug-likeness (QED) is 0.153. The Morgan fingerprint density at radius 3 is 2.17 bits per heavy atom. The molecular weight excluding hydrogens is 458 g/mol. The molecule has 7 heteroatoms. The largest absolute Gasteiger partial charge is 0.460 e. The monoisotopic (exact) mass is 495 g/mol. The number of aryl methyl sites for hydroxylation is 1. The van der Waals surface area contributed by atoms with E-state index in [1.54, 1.807) is 64.1 Å². The van der Waals surface area contributed by atoms with Gasteiger partial charge in [0.2, 0.25) is 5.76 Å². The Hall–Kier alpha value is -3.61. The number of benzene rings is 2. The SMILES string of the molecule is CCCCCCc1ccc(C(=O)Nc2ccccc2O/C(=C/C(=O)OC(C)C)C(=O)OC(C)C)cc1. The summed E-state index contributed by atoms with van der Waals surface area (Å²) in [5, 5.41) is 2.82. The Balaban J connectivity index is 2.17. The summed E-state index contributed by atoms with van der Waals surface area (Å²) in [6.07, 6.45) is 5.90. The van der Waals surface area contributed by atoms with Crippen LogP contribution in [-0.4, -0.2) is 30.1 Å². The topological polar surface area (TPSA) is 90.9 Å². The smallest absolute Gasteiger partial charge is 0.374 e. The van der Waals surface area contributed by atoms with Gasteiger partial charge in [-0.25, -0.2) is 9.59 Å². The minimum absolute atomic E-state index is 0.183. The van der Waals surface area contributed by atoms with Gasteiger partial charge in [-0.2, -0.15) is 0 Å². The Morgan fingerprint density at radius 1 is 0.861 bits per heavy atom. The Labute approximate surface area is 213 Å². The van der Waals surface area contributed by atoms with E-state index in [9.17, 15) is 14.4 Å². The molecule has 0 saturated heterocycles. The summed E-state index contributed by atoms with van der Waals surface area (Å²) in [5.41, 5.74) is 2.03. The maximum Gasteiger partial charge on any atom is 0.374 e. The number of esters is 2. The first-order chi connectivity index (χ1) is 17.2. The lowest BCUT2D eigenvalue weighted by atomic mass is 10.0. The van der Waals surface area contributed by atoms with E-state index in [1.165, 1.54) is 24.8 Å². The summed E-state index contributed by atoms with van der Waals surface area (Å²) < 4.78 is 16.1. The highest BCUT2D eigenvalue weighted by molar-refractivity contribution is 6.05. The lowest BCUT2D eigenvalue weighted by Gasteiger charge is -2.15. The predicted molar refractivity (Wildman–Crippen MR) is 140 cm³/mol. The molecule has 2 rings (SSSR count). The van der Waals surface area contributed by atoms with E-state index in [2.05, 4.69) is 12.2 Å². The standard InChI is InChI=1S/C29H37NO6/c1-6-7-8-9-12-22-15-17-23(18-16-22)28(32)30-24-13-10-11-14-25(24)36-26(29(33)35-21(4)5)19-27(31)34-20(2)3/h10-11,13-21H,6-9,12H2,1-5H3,(H,30,32)/b26-19+. The first-order valence-electron chi connectivity index (χ1n) is 12.5. The lowest BCUT2D eigenvalue weighted by molar-refractivity contribution is -0.147. The number of carbonyl (C=O) groups excluding carboxylic acids is 3. The zero-order chi connectivity index (χ0) is 26.5. The molecule has 0 bridgehead atoms. The maximum absolute atomic E-state index is 12.9. The van der Waals surface area contributed by atoms with Gasteiger partial charge < -0.3 is 19.5 Å². The molecule has 0 aliphatic carbocycles. The first-order valence-corrected chi connectivity index (χ1v) is 12.5. The zero-order valence-electron chi connectivity index (χ0n) is 21.8. The van der Waals surface area contributed by atoms with Crippen molar-refractivity contribution in [3.05, 3.63) is 71.5 Å². The van der Waals surface area contributed by atoms with E-state index in [1.807, 2.05) is 12.1 Å². The second-order valence-corrected chi connectivity index (χ2v) is 9.01. The van der Waals surface area contributed by atoms with E-state index in [-0.39, 0.29) is 23.5 Å². The number of ether oxygens (including phenoxy) is 3. The molecule has 1 amide bonds. The Bertz CT molecular complexity index is 1040. The highest BCUT2D eigenvalue weighted by atomic mass is 16.6. The third kappa shape index (κ3) is 9.94.